The van der Waals surface area contributed by atoms with E-state index in [1.54, 1.807) is 7.11 Å². The fourth-order valence-electron chi connectivity index (χ4n) is 2.84. The van der Waals surface area contributed by atoms with Crippen molar-refractivity contribution in [1.29, 1.82) is 0 Å². The van der Waals surface area contributed by atoms with Crippen LogP contribution in [0.1, 0.15) is 11.5 Å². The molecule has 2 fully saturated rings. The van der Waals surface area contributed by atoms with E-state index in [4.69, 9.17) is 9.84 Å². The fraction of sp³-hybridized carbons (Fsp3) is 0.417. The van der Waals surface area contributed by atoms with Gasteiger partial charge >= 0.3 is 5.97 Å². The second-order valence-corrected chi connectivity index (χ2v) is 5.43. The van der Waals surface area contributed by atoms with E-state index in [2.05, 4.69) is 15.9 Å². The Balaban J connectivity index is 1.96. The molecule has 1 aromatic rings. The Morgan fingerprint density at radius 3 is 2.71 bits per heavy atom. The van der Waals surface area contributed by atoms with E-state index < -0.39 is 17.5 Å². The highest BCUT2D eigenvalue weighted by molar-refractivity contribution is 9.10. The van der Waals surface area contributed by atoms with Crippen LogP contribution in [0.5, 0.6) is 5.75 Å². The molecule has 0 amide bonds. The Morgan fingerprint density at radius 2 is 2.24 bits per heavy atom. The predicted molar refractivity (Wildman–Crippen MR) is 63.0 cm³/mol. The highest BCUT2D eigenvalue weighted by Crippen LogP contribution is 2.84. The second kappa shape index (κ2) is 3.23. The van der Waals surface area contributed by atoms with Crippen molar-refractivity contribution in [3.63, 3.8) is 0 Å². The van der Waals surface area contributed by atoms with E-state index >= 15 is 0 Å². The molecule has 0 heterocycles. The van der Waals surface area contributed by atoms with Crippen LogP contribution in [0.2, 0.25) is 0 Å². The van der Waals surface area contributed by atoms with Gasteiger partial charge in [-0.15, -0.1) is 0 Å². The molecule has 0 saturated heterocycles. The largest absolute Gasteiger partial charge is 0.497 e. The van der Waals surface area contributed by atoms with Crippen LogP contribution in [-0.2, 0) is 4.79 Å². The van der Waals surface area contributed by atoms with Gasteiger partial charge in [-0.1, -0.05) is 15.9 Å². The van der Waals surface area contributed by atoms with Crippen LogP contribution in [0.4, 0.5) is 0 Å². The van der Waals surface area contributed by atoms with E-state index in [9.17, 15) is 9.90 Å². The molecule has 0 radical (unpaired) electrons. The average molecular weight is 299 g/mol. The van der Waals surface area contributed by atoms with Crippen molar-refractivity contribution in [3.05, 3.63) is 28.2 Å². The molecule has 2 aliphatic rings. The van der Waals surface area contributed by atoms with E-state index in [0.29, 0.717) is 5.75 Å². The van der Waals surface area contributed by atoms with Crippen molar-refractivity contribution < 1.29 is 19.7 Å². The molecule has 4 nitrogen and oxygen atoms in total. The molecule has 0 spiro atoms. The number of benzene rings is 1. The lowest BCUT2D eigenvalue weighted by atomic mass is 9.95. The van der Waals surface area contributed by atoms with Crippen LogP contribution in [0.15, 0.2) is 22.7 Å². The van der Waals surface area contributed by atoms with Gasteiger partial charge in [0.25, 0.3) is 0 Å². The van der Waals surface area contributed by atoms with Gasteiger partial charge in [-0.25, -0.2) is 0 Å². The van der Waals surface area contributed by atoms with Crippen LogP contribution >= 0.6 is 15.9 Å². The molecule has 2 saturated carbocycles. The van der Waals surface area contributed by atoms with Gasteiger partial charge in [0, 0.05) is 16.3 Å². The van der Waals surface area contributed by atoms with Crippen LogP contribution in [-0.4, -0.2) is 29.4 Å². The molecule has 5 heteroatoms. The Bertz CT molecular complexity index is 515. The third-order valence-corrected chi connectivity index (χ3v) is 4.67. The van der Waals surface area contributed by atoms with Crippen molar-refractivity contribution in [1.82, 2.24) is 0 Å². The molecule has 0 aliphatic heterocycles. The lowest BCUT2D eigenvalue weighted by molar-refractivity contribution is -0.142. The van der Waals surface area contributed by atoms with Gasteiger partial charge in [-0.3, -0.25) is 4.79 Å². The summed E-state index contributed by atoms with van der Waals surface area (Å²) in [5.41, 5.74) is -0.0310. The zero-order chi connectivity index (χ0) is 12.4. The summed E-state index contributed by atoms with van der Waals surface area (Å²) in [7, 11) is 1.57. The van der Waals surface area contributed by atoms with Gasteiger partial charge in [0.05, 0.1) is 13.2 Å². The first-order valence-corrected chi connectivity index (χ1v) is 6.09. The summed E-state index contributed by atoms with van der Waals surface area (Å²) in [6.07, 6.45) is -0.692. The summed E-state index contributed by atoms with van der Waals surface area (Å²) in [4.78, 5) is 11.2. The summed E-state index contributed by atoms with van der Waals surface area (Å²) in [5.74, 6) is -0.442. The molecule has 90 valence electrons. The van der Waals surface area contributed by atoms with Crippen molar-refractivity contribution >= 4 is 21.9 Å². The minimum absolute atomic E-state index is 0.0977. The third kappa shape index (κ3) is 1.18. The first kappa shape index (κ1) is 11.0. The van der Waals surface area contributed by atoms with Crippen molar-refractivity contribution in [2.24, 2.45) is 11.3 Å². The number of methoxy groups -OCH3 is 1. The lowest BCUT2D eigenvalue weighted by Crippen LogP contribution is -2.20. The monoisotopic (exact) mass is 298 g/mol. The van der Waals surface area contributed by atoms with Gasteiger partial charge in [0.2, 0.25) is 0 Å². The molecular weight excluding hydrogens is 288 g/mol. The number of carbonyl (C=O) groups is 1. The number of carboxylic acids is 1. The van der Waals surface area contributed by atoms with Gasteiger partial charge in [-0.2, -0.15) is 0 Å². The smallest absolute Gasteiger partial charge is 0.313 e. The van der Waals surface area contributed by atoms with Gasteiger partial charge in [0.15, 0.2) is 0 Å². The van der Waals surface area contributed by atoms with Gasteiger partial charge < -0.3 is 14.9 Å². The molecule has 4 atom stereocenters. The fourth-order valence-corrected chi connectivity index (χ4v) is 3.33. The Morgan fingerprint density at radius 1 is 1.53 bits per heavy atom. The Labute approximate surface area is 106 Å². The minimum atomic E-state index is -0.936. The molecular formula is C12H11BrO4. The highest BCUT2D eigenvalue weighted by Gasteiger charge is 2.91. The maximum absolute atomic E-state index is 11.2. The van der Waals surface area contributed by atoms with Crippen molar-refractivity contribution in [2.45, 2.75) is 12.0 Å². The van der Waals surface area contributed by atoms with Crippen LogP contribution in [0.25, 0.3) is 0 Å². The number of fused-ring (bicyclic) bond motifs is 1. The molecule has 0 bridgehead atoms. The minimum Gasteiger partial charge on any atom is -0.497 e. The maximum atomic E-state index is 11.2. The topological polar surface area (TPSA) is 66.8 Å². The number of aliphatic hydroxyl groups excluding tert-OH is 1. The highest BCUT2D eigenvalue weighted by atomic mass is 79.9. The van der Waals surface area contributed by atoms with E-state index in [-0.39, 0.29) is 11.8 Å². The van der Waals surface area contributed by atoms with Crippen LogP contribution in [0.3, 0.4) is 0 Å². The number of rotatable bonds is 3. The number of hydrogen-bond donors (Lipinski definition) is 2. The number of aliphatic hydroxyl groups is 1. The SMILES string of the molecule is COc1ccc(Br)c(C2C3C(O)C23C(=O)O)c1. The van der Waals surface area contributed by atoms with E-state index in [1.807, 2.05) is 18.2 Å². The zero-order valence-electron chi connectivity index (χ0n) is 9.05. The van der Waals surface area contributed by atoms with Gasteiger partial charge in [0.1, 0.15) is 11.2 Å². The summed E-state index contributed by atoms with van der Waals surface area (Å²) < 4.78 is 5.99. The summed E-state index contributed by atoms with van der Waals surface area (Å²) in [6.45, 7) is 0. The third-order valence-electron chi connectivity index (χ3n) is 3.95. The maximum Gasteiger partial charge on any atom is 0.313 e. The Kier molecular flexibility index (Phi) is 2.10. The second-order valence-electron chi connectivity index (χ2n) is 4.57. The van der Waals surface area contributed by atoms with E-state index in [0.717, 1.165) is 10.0 Å². The zero-order valence-corrected chi connectivity index (χ0v) is 10.6. The summed E-state index contributed by atoms with van der Waals surface area (Å²) >= 11 is 3.41. The lowest BCUT2D eigenvalue weighted by Gasteiger charge is -2.15. The quantitative estimate of drug-likeness (QED) is 0.890. The van der Waals surface area contributed by atoms with E-state index in [1.165, 1.54) is 0 Å². The molecule has 0 aromatic heterocycles. The summed E-state index contributed by atoms with van der Waals surface area (Å²) in [5, 5.41) is 18.7. The molecule has 2 aliphatic carbocycles. The Hall–Kier alpha value is -1.07. The number of halogens is 1. The van der Waals surface area contributed by atoms with Crippen molar-refractivity contribution in [2.75, 3.05) is 7.11 Å². The average Bonchev–Trinajstić information content (AvgIpc) is 3.16. The first-order valence-electron chi connectivity index (χ1n) is 5.30. The standard InChI is InChI=1S/C12H11BrO4/c1-17-5-2-3-7(13)6(4-5)8-9-10(14)12(8,9)11(15)16/h2-4,8-10,14H,1H3,(H,15,16). The number of hydrogen-bond acceptors (Lipinski definition) is 3. The van der Waals surface area contributed by atoms with Crippen LogP contribution in [0, 0.1) is 11.3 Å². The van der Waals surface area contributed by atoms with Crippen LogP contribution < -0.4 is 4.74 Å². The molecule has 4 unspecified atom stereocenters. The van der Waals surface area contributed by atoms with Gasteiger partial charge in [-0.05, 0) is 23.8 Å². The summed E-state index contributed by atoms with van der Waals surface area (Å²) in [6, 6.07) is 5.48. The predicted octanol–water partition coefficient (Wildman–Crippen LogP) is 1.62. The number of aliphatic carboxylic acids is 1. The molecule has 3 rings (SSSR count). The normalized spacial score (nSPS) is 37.2. The first-order chi connectivity index (χ1) is 8.05. The van der Waals surface area contributed by atoms with Crippen molar-refractivity contribution in [3.8, 4) is 5.75 Å². The molecule has 2 N–H and O–H groups in total. The number of carboxylic acid groups (broad SMARTS) is 1. The molecule has 1 aromatic carbocycles. The number of ether oxygens (including phenoxy) is 1. The molecule has 17 heavy (non-hydrogen) atoms.